The van der Waals surface area contributed by atoms with Gasteiger partial charge in [-0.2, -0.15) is 0 Å². The fourth-order valence-electron chi connectivity index (χ4n) is 4.85. The van der Waals surface area contributed by atoms with Crippen molar-refractivity contribution in [3.8, 4) is 17.2 Å². The summed E-state index contributed by atoms with van der Waals surface area (Å²) in [4.78, 5) is 34.8. The van der Waals surface area contributed by atoms with Gasteiger partial charge in [-0.25, -0.2) is 4.98 Å². The molecule has 3 heterocycles. The number of halogens is 3. The van der Waals surface area contributed by atoms with Gasteiger partial charge in [-0.15, -0.1) is 13.2 Å². The van der Waals surface area contributed by atoms with Crippen LogP contribution in [-0.2, 0) is 11.8 Å². The number of nitrogens with one attached hydrogen (secondary N) is 2. The van der Waals surface area contributed by atoms with Gasteiger partial charge in [-0.3, -0.25) is 14.6 Å². The number of aromatic nitrogens is 3. The molecule has 0 bridgehead atoms. The van der Waals surface area contributed by atoms with E-state index in [4.69, 9.17) is 4.74 Å². The fraction of sp³-hybridized carbons (Fsp3) is 0.333. The number of nitrogens with zero attached hydrogens (tertiary/aromatic N) is 4. The highest BCUT2D eigenvalue weighted by molar-refractivity contribution is 5.92. The van der Waals surface area contributed by atoms with E-state index in [9.17, 15) is 22.8 Å². The number of likely N-dealkylation sites (tertiary alicyclic amines) is 1. The van der Waals surface area contributed by atoms with Crippen molar-refractivity contribution in [2.45, 2.75) is 39.0 Å². The molecule has 0 unspecified atom stereocenters. The number of hydrogen-bond acceptors (Lipinski definition) is 7. The molecule has 2 N–H and O–H groups in total. The van der Waals surface area contributed by atoms with Crippen molar-refractivity contribution in [2.24, 2.45) is 7.05 Å². The van der Waals surface area contributed by atoms with Crippen LogP contribution in [-0.4, -0.2) is 57.2 Å². The maximum Gasteiger partial charge on any atom is 0.573 e. The Kier molecular flexibility index (Phi) is 8.42. The highest BCUT2D eigenvalue weighted by atomic mass is 19.4. The SMILES string of the molecule is CC(C)c1cc(Nc2nc3cc(Oc4ccnc(C(=O)NCCN5CCCC5=O)c4)ccc3n2C)ccc1OC(F)(F)F. The van der Waals surface area contributed by atoms with E-state index in [1.807, 2.05) is 17.7 Å². The highest BCUT2D eigenvalue weighted by Gasteiger charge is 2.32. The molecule has 0 atom stereocenters. The Morgan fingerprint density at radius 3 is 2.60 bits per heavy atom. The van der Waals surface area contributed by atoms with Crippen molar-refractivity contribution in [1.82, 2.24) is 24.8 Å². The summed E-state index contributed by atoms with van der Waals surface area (Å²) in [6.07, 6.45) is -1.91. The Hall–Kier alpha value is -4.81. The van der Waals surface area contributed by atoms with Gasteiger partial charge >= 0.3 is 6.36 Å². The summed E-state index contributed by atoms with van der Waals surface area (Å²) in [6.45, 7) is 5.07. The summed E-state index contributed by atoms with van der Waals surface area (Å²) >= 11 is 0. The molecule has 10 nitrogen and oxygen atoms in total. The number of hydrogen-bond donors (Lipinski definition) is 2. The number of aryl methyl sites for hydroxylation is 1. The molecule has 1 aliphatic heterocycles. The van der Waals surface area contributed by atoms with Crippen LogP contribution in [0.1, 0.15) is 48.7 Å². The number of imidazole rings is 1. The van der Waals surface area contributed by atoms with Gasteiger partial charge in [-0.1, -0.05) is 13.8 Å². The number of pyridine rings is 1. The summed E-state index contributed by atoms with van der Waals surface area (Å²) in [7, 11) is 1.82. The topological polar surface area (TPSA) is 111 Å². The first-order valence-corrected chi connectivity index (χ1v) is 13.8. The molecule has 0 radical (unpaired) electrons. The standard InChI is InChI=1S/C30H31F3N6O4/c1-18(2)22-15-19(6-9-26(22)43-30(31,32)33)36-29-37-23-16-20(7-8-25(23)38(29)3)42-21-10-11-34-24(17-21)28(41)35-12-14-39-13-4-5-27(39)40/h6-11,15-18H,4-5,12-14H2,1-3H3,(H,35,41)(H,36,37). The Morgan fingerprint density at radius 1 is 1.09 bits per heavy atom. The van der Waals surface area contributed by atoms with Gasteiger partial charge in [0.15, 0.2) is 0 Å². The molecule has 0 spiro atoms. The van der Waals surface area contributed by atoms with E-state index in [-0.39, 0.29) is 29.2 Å². The molecule has 4 aromatic rings. The van der Waals surface area contributed by atoms with Crippen LogP contribution in [0.25, 0.3) is 11.0 Å². The first kappa shape index (κ1) is 29.7. The first-order chi connectivity index (χ1) is 20.5. The number of ether oxygens (including phenoxy) is 2. The average Bonchev–Trinajstić information content (AvgIpc) is 3.50. The van der Waals surface area contributed by atoms with Crippen LogP contribution < -0.4 is 20.1 Å². The van der Waals surface area contributed by atoms with E-state index < -0.39 is 6.36 Å². The number of benzene rings is 2. The van der Waals surface area contributed by atoms with E-state index >= 15 is 0 Å². The minimum absolute atomic E-state index is 0.101. The van der Waals surface area contributed by atoms with Crippen molar-refractivity contribution >= 4 is 34.5 Å². The van der Waals surface area contributed by atoms with Crippen LogP contribution in [0.4, 0.5) is 24.8 Å². The summed E-state index contributed by atoms with van der Waals surface area (Å²) in [5.41, 5.74) is 2.56. The Bertz CT molecular complexity index is 1650. The van der Waals surface area contributed by atoms with Crippen LogP contribution in [0.2, 0.25) is 0 Å². The van der Waals surface area contributed by atoms with Crippen LogP contribution in [0.5, 0.6) is 17.2 Å². The largest absolute Gasteiger partial charge is 0.573 e. The van der Waals surface area contributed by atoms with Crippen LogP contribution in [0.15, 0.2) is 54.7 Å². The predicted molar refractivity (Wildman–Crippen MR) is 154 cm³/mol. The molecule has 226 valence electrons. The number of anilines is 2. The second-order valence-electron chi connectivity index (χ2n) is 10.4. The maximum atomic E-state index is 12.8. The number of rotatable bonds is 10. The van der Waals surface area contributed by atoms with Crippen molar-refractivity contribution in [1.29, 1.82) is 0 Å². The lowest BCUT2D eigenvalue weighted by molar-refractivity contribution is -0.274. The molecule has 2 amide bonds. The monoisotopic (exact) mass is 596 g/mol. The Labute approximate surface area is 245 Å². The highest BCUT2D eigenvalue weighted by Crippen LogP contribution is 2.35. The fourth-order valence-corrected chi connectivity index (χ4v) is 4.85. The van der Waals surface area contributed by atoms with Gasteiger partial charge in [0, 0.05) is 57.1 Å². The number of alkyl halides is 3. The van der Waals surface area contributed by atoms with Gasteiger partial charge < -0.3 is 29.6 Å². The second kappa shape index (κ2) is 12.2. The van der Waals surface area contributed by atoms with E-state index in [1.54, 1.807) is 43.0 Å². The van der Waals surface area contributed by atoms with E-state index in [1.165, 1.54) is 24.4 Å². The number of fused-ring (bicyclic) bond motifs is 1. The zero-order valence-electron chi connectivity index (χ0n) is 23.9. The molecule has 2 aromatic heterocycles. The molecule has 0 saturated carbocycles. The average molecular weight is 597 g/mol. The lowest BCUT2D eigenvalue weighted by atomic mass is 10.0. The van der Waals surface area contributed by atoms with Gasteiger partial charge in [0.1, 0.15) is 22.9 Å². The molecule has 1 aliphatic rings. The summed E-state index contributed by atoms with van der Waals surface area (Å²) in [6, 6.07) is 12.9. The van der Waals surface area contributed by atoms with Crippen LogP contribution in [0.3, 0.4) is 0 Å². The van der Waals surface area contributed by atoms with Crippen molar-refractivity contribution in [3.63, 3.8) is 0 Å². The number of carbonyl (C=O) groups excluding carboxylic acids is 2. The maximum absolute atomic E-state index is 12.8. The van der Waals surface area contributed by atoms with Gasteiger partial charge in [0.2, 0.25) is 11.9 Å². The van der Waals surface area contributed by atoms with Gasteiger partial charge in [0.25, 0.3) is 5.91 Å². The van der Waals surface area contributed by atoms with E-state index in [2.05, 4.69) is 25.3 Å². The smallest absolute Gasteiger partial charge is 0.457 e. The number of amides is 2. The summed E-state index contributed by atoms with van der Waals surface area (Å²) in [5, 5.41) is 5.96. The zero-order valence-corrected chi connectivity index (χ0v) is 23.9. The molecule has 1 saturated heterocycles. The predicted octanol–water partition coefficient (Wildman–Crippen LogP) is 5.88. The molecule has 0 aliphatic carbocycles. The van der Waals surface area contributed by atoms with Crippen molar-refractivity contribution in [2.75, 3.05) is 25.0 Å². The Morgan fingerprint density at radius 2 is 1.88 bits per heavy atom. The van der Waals surface area contributed by atoms with E-state index in [0.717, 1.165) is 11.9 Å². The first-order valence-electron chi connectivity index (χ1n) is 13.8. The second-order valence-corrected chi connectivity index (χ2v) is 10.4. The zero-order chi connectivity index (χ0) is 30.7. The molecule has 1 fully saturated rings. The third-order valence-electron chi connectivity index (χ3n) is 7.00. The minimum Gasteiger partial charge on any atom is -0.457 e. The molecule has 43 heavy (non-hydrogen) atoms. The van der Waals surface area contributed by atoms with Crippen molar-refractivity contribution in [3.05, 3.63) is 66.0 Å². The lowest BCUT2D eigenvalue weighted by Crippen LogP contribution is -2.35. The van der Waals surface area contributed by atoms with Crippen LogP contribution in [0, 0.1) is 0 Å². The Balaban J connectivity index is 1.27. The lowest BCUT2D eigenvalue weighted by Gasteiger charge is -2.17. The summed E-state index contributed by atoms with van der Waals surface area (Å²) < 4.78 is 50.5. The quantitative estimate of drug-likeness (QED) is 0.235. The normalized spacial score (nSPS) is 13.6. The minimum atomic E-state index is -4.78. The van der Waals surface area contributed by atoms with E-state index in [0.29, 0.717) is 60.3 Å². The third-order valence-corrected chi connectivity index (χ3v) is 7.00. The molecule has 13 heteroatoms. The molecule has 5 rings (SSSR count). The van der Waals surface area contributed by atoms with Crippen LogP contribution >= 0.6 is 0 Å². The molecule has 2 aromatic carbocycles. The molecular formula is C30H31F3N6O4. The van der Waals surface area contributed by atoms with Crippen molar-refractivity contribution < 1.29 is 32.2 Å². The third kappa shape index (κ3) is 7.16. The van der Waals surface area contributed by atoms with Gasteiger partial charge in [0.05, 0.1) is 11.0 Å². The van der Waals surface area contributed by atoms with Gasteiger partial charge in [-0.05, 0) is 54.3 Å². The number of carbonyl (C=O) groups is 2. The molecular weight excluding hydrogens is 565 g/mol. The summed E-state index contributed by atoms with van der Waals surface area (Å²) in [5.74, 6) is 0.652.